The number of nitrogens with one attached hydrogen (secondary N) is 1. The zero-order valence-electron chi connectivity index (χ0n) is 8.24. The molecule has 1 aliphatic rings. The van der Waals surface area contributed by atoms with Crippen molar-refractivity contribution in [3.05, 3.63) is 34.9 Å². The van der Waals surface area contributed by atoms with Gasteiger partial charge in [0.15, 0.2) is 0 Å². The van der Waals surface area contributed by atoms with Gasteiger partial charge in [0.2, 0.25) is 5.91 Å². The third-order valence-corrected chi connectivity index (χ3v) is 3.13. The van der Waals surface area contributed by atoms with Crippen LogP contribution in [-0.2, 0) is 4.79 Å². The van der Waals surface area contributed by atoms with E-state index in [1.54, 1.807) is 0 Å². The number of rotatable bonds is 2. The Morgan fingerprint density at radius 3 is 2.60 bits per heavy atom. The van der Waals surface area contributed by atoms with Crippen LogP contribution in [0.4, 0.5) is 0 Å². The van der Waals surface area contributed by atoms with E-state index < -0.39 is 0 Å². The highest BCUT2D eigenvalue weighted by atomic mass is 35.5. The molecule has 2 atom stereocenters. The molecule has 1 fully saturated rings. The molecule has 0 saturated carbocycles. The summed E-state index contributed by atoms with van der Waals surface area (Å²) in [5.41, 5.74) is 6.47. The molecule has 0 unspecified atom stereocenters. The van der Waals surface area contributed by atoms with Crippen LogP contribution in [0.15, 0.2) is 24.3 Å². The second-order valence-corrected chi connectivity index (χ2v) is 4.26. The molecule has 0 radical (unpaired) electrons. The Bertz CT molecular complexity index is 363. The van der Waals surface area contributed by atoms with E-state index >= 15 is 0 Å². The van der Waals surface area contributed by atoms with E-state index in [9.17, 15) is 4.79 Å². The van der Waals surface area contributed by atoms with Gasteiger partial charge in [0, 0.05) is 24.0 Å². The molecule has 1 aromatic carbocycles. The van der Waals surface area contributed by atoms with Gasteiger partial charge in [0.05, 0.1) is 5.92 Å². The van der Waals surface area contributed by atoms with Crippen LogP contribution < -0.4 is 11.1 Å². The summed E-state index contributed by atoms with van der Waals surface area (Å²) in [6.45, 7) is 1.47. The van der Waals surface area contributed by atoms with E-state index in [0.29, 0.717) is 11.6 Å². The molecule has 4 heteroatoms. The minimum Gasteiger partial charge on any atom is -0.369 e. The number of nitrogens with two attached hydrogens (primary N) is 1. The molecule has 1 amide bonds. The molecule has 0 aliphatic carbocycles. The number of benzene rings is 1. The summed E-state index contributed by atoms with van der Waals surface area (Å²) in [6, 6.07) is 7.59. The Labute approximate surface area is 93.6 Å². The Balaban J connectivity index is 2.22. The maximum atomic E-state index is 11.2. The molecule has 1 saturated heterocycles. The highest BCUT2D eigenvalue weighted by Crippen LogP contribution is 2.28. The maximum Gasteiger partial charge on any atom is 0.222 e. The standard InChI is InChI=1S/C11H13ClN2O/c12-8-3-1-7(2-4-8)9-5-14-6-10(9)11(13)15/h1-4,9-10,14H,5-6H2,(H2,13,15)/t9-,10+/m0/s1. The van der Waals surface area contributed by atoms with Gasteiger partial charge in [0.25, 0.3) is 0 Å². The molecule has 80 valence electrons. The molecule has 3 nitrogen and oxygen atoms in total. The van der Waals surface area contributed by atoms with Gasteiger partial charge < -0.3 is 11.1 Å². The predicted molar refractivity (Wildman–Crippen MR) is 59.7 cm³/mol. The quantitative estimate of drug-likeness (QED) is 0.791. The summed E-state index contributed by atoms with van der Waals surface area (Å²) >= 11 is 5.81. The summed E-state index contributed by atoms with van der Waals surface area (Å²) in [5, 5.41) is 3.89. The molecule has 1 aliphatic heterocycles. The average Bonchev–Trinajstić information content (AvgIpc) is 2.67. The smallest absolute Gasteiger partial charge is 0.222 e. The van der Waals surface area contributed by atoms with Crippen LogP contribution in [0, 0.1) is 5.92 Å². The van der Waals surface area contributed by atoms with Gasteiger partial charge in [0.1, 0.15) is 0 Å². The first-order chi connectivity index (χ1) is 7.18. The normalized spacial score (nSPS) is 25.4. The van der Waals surface area contributed by atoms with E-state index in [-0.39, 0.29) is 17.7 Å². The number of carbonyl (C=O) groups excluding carboxylic acids is 1. The molecule has 0 bridgehead atoms. The molecule has 2 rings (SSSR count). The van der Waals surface area contributed by atoms with Crippen LogP contribution in [0.1, 0.15) is 11.5 Å². The molecule has 0 spiro atoms. The van der Waals surface area contributed by atoms with Crippen molar-refractivity contribution in [3.63, 3.8) is 0 Å². The minimum absolute atomic E-state index is 0.105. The van der Waals surface area contributed by atoms with Crippen LogP contribution in [0.25, 0.3) is 0 Å². The van der Waals surface area contributed by atoms with Crippen LogP contribution in [0.5, 0.6) is 0 Å². The van der Waals surface area contributed by atoms with Crippen molar-refractivity contribution in [3.8, 4) is 0 Å². The van der Waals surface area contributed by atoms with E-state index in [1.165, 1.54) is 0 Å². The lowest BCUT2D eigenvalue weighted by Gasteiger charge is -2.15. The monoisotopic (exact) mass is 224 g/mol. The largest absolute Gasteiger partial charge is 0.369 e. The number of carbonyl (C=O) groups is 1. The molecule has 1 heterocycles. The minimum atomic E-state index is -0.236. The Hall–Kier alpha value is -1.06. The zero-order chi connectivity index (χ0) is 10.8. The number of hydrogen-bond donors (Lipinski definition) is 2. The van der Waals surface area contributed by atoms with Crippen LogP contribution in [0.2, 0.25) is 5.02 Å². The number of amides is 1. The number of halogens is 1. The second-order valence-electron chi connectivity index (χ2n) is 3.83. The first kappa shape index (κ1) is 10.5. The third kappa shape index (κ3) is 2.13. The Morgan fingerprint density at radius 1 is 1.33 bits per heavy atom. The second kappa shape index (κ2) is 4.21. The van der Waals surface area contributed by atoms with Crippen molar-refractivity contribution in [2.45, 2.75) is 5.92 Å². The van der Waals surface area contributed by atoms with Gasteiger partial charge in [-0.15, -0.1) is 0 Å². The Kier molecular flexibility index (Phi) is 2.93. The van der Waals surface area contributed by atoms with Gasteiger partial charge in [-0.05, 0) is 17.7 Å². The Morgan fingerprint density at radius 2 is 2.00 bits per heavy atom. The zero-order valence-corrected chi connectivity index (χ0v) is 9.00. The van der Waals surface area contributed by atoms with Crippen molar-refractivity contribution in [1.82, 2.24) is 5.32 Å². The number of hydrogen-bond acceptors (Lipinski definition) is 2. The van der Waals surface area contributed by atoms with Crippen LogP contribution >= 0.6 is 11.6 Å². The van der Waals surface area contributed by atoms with Crippen LogP contribution in [0.3, 0.4) is 0 Å². The highest BCUT2D eigenvalue weighted by Gasteiger charge is 2.32. The summed E-state index contributed by atoms with van der Waals surface area (Å²) in [7, 11) is 0. The average molecular weight is 225 g/mol. The summed E-state index contributed by atoms with van der Waals surface area (Å²) in [5.74, 6) is -0.161. The van der Waals surface area contributed by atoms with Crippen molar-refractivity contribution in [2.75, 3.05) is 13.1 Å². The van der Waals surface area contributed by atoms with Gasteiger partial charge in [-0.3, -0.25) is 4.79 Å². The predicted octanol–water partition coefficient (Wildman–Crippen LogP) is 1.13. The number of primary amides is 1. The van der Waals surface area contributed by atoms with Gasteiger partial charge in [-0.1, -0.05) is 23.7 Å². The lowest BCUT2D eigenvalue weighted by atomic mass is 9.88. The van der Waals surface area contributed by atoms with Gasteiger partial charge >= 0.3 is 0 Å². The van der Waals surface area contributed by atoms with E-state index in [2.05, 4.69) is 5.32 Å². The van der Waals surface area contributed by atoms with Crippen molar-refractivity contribution < 1.29 is 4.79 Å². The van der Waals surface area contributed by atoms with E-state index in [0.717, 1.165) is 12.1 Å². The fourth-order valence-corrected chi connectivity index (χ4v) is 2.16. The van der Waals surface area contributed by atoms with Crippen molar-refractivity contribution >= 4 is 17.5 Å². The third-order valence-electron chi connectivity index (χ3n) is 2.88. The summed E-state index contributed by atoms with van der Waals surface area (Å²) < 4.78 is 0. The maximum absolute atomic E-state index is 11.2. The summed E-state index contributed by atoms with van der Waals surface area (Å²) in [4.78, 5) is 11.2. The molecule has 3 N–H and O–H groups in total. The fraction of sp³-hybridized carbons (Fsp3) is 0.364. The van der Waals surface area contributed by atoms with Gasteiger partial charge in [-0.2, -0.15) is 0 Å². The summed E-state index contributed by atoms with van der Waals surface area (Å²) in [6.07, 6.45) is 0. The fourth-order valence-electron chi connectivity index (χ4n) is 2.04. The van der Waals surface area contributed by atoms with Crippen molar-refractivity contribution in [2.24, 2.45) is 11.7 Å². The van der Waals surface area contributed by atoms with E-state index in [1.807, 2.05) is 24.3 Å². The molecule has 15 heavy (non-hydrogen) atoms. The lowest BCUT2D eigenvalue weighted by molar-refractivity contribution is -0.121. The van der Waals surface area contributed by atoms with Gasteiger partial charge in [-0.25, -0.2) is 0 Å². The van der Waals surface area contributed by atoms with Crippen LogP contribution in [-0.4, -0.2) is 19.0 Å². The topological polar surface area (TPSA) is 55.1 Å². The first-order valence-electron chi connectivity index (χ1n) is 4.94. The SMILES string of the molecule is NC(=O)[C@@H]1CNC[C@H]1c1ccc(Cl)cc1. The lowest BCUT2D eigenvalue weighted by Crippen LogP contribution is -2.28. The molecular weight excluding hydrogens is 212 g/mol. The van der Waals surface area contributed by atoms with Crippen molar-refractivity contribution in [1.29, 1.82) is 0 Å². The van der Waals surface area contributed by atoms with E-state index in [4.69, 9.17) is 17.3 Å². The highest BCUT2D eigenvalue weighted by molar-refractivity contribution is 6.30. The molecule has 1 aromatic rings. The molecular formula is C11H13ClN2O. The molecule has 0 aromatic heterocycles. The first-order valence-corrected chi connectivity index (χ1v) is 5.32.